The molecule has 0 bridgehead atoms. The van der Waals surface area contributed by atoms with Crippen LogP contribution in [0.25, 0.3) is 5.69 Å². The summed E-state index contributed by atoms with van der Waals surface area (Å²) in [5.74, 6) is 2.40. The molecule has 9 heteroatoms. The largest absolute Gasteiger partial charge is 0.497 e. The number of benzene rings is 1. The number of rotatable bonds is 6. The molecule has 0 aliphatic carbocycles. The molecule has 1 unspecified atom stereocenters. The number of hydrogen-bond acceptors (Lipinski definition) is 5. The molecule has 0 saturated carbocycles. The standard InChI is InChI=1S/C22H26ClN7O/c1-24-22(27-17-9-12-29(15-17)21-20(23)4-3-11-25-21)26-14-16-10-13-30(28-16)18-5-7-19(31-2)8-6-18/h3-8,10-11,13,17H,9,12,14-15H2,1-2H3,(H2,24,26,27). The summed E-state index contributed by atoms with van der Waals surface area (Å²) >= 11 is 6.29. The number of nitrogens with one attached hydrogen (secondary N) is 2. The third kappa shape index (κ3) is 5.08. The number of hydrogen-bond donors (Lipinski definition) is 2. The van der Waals surface area contributed by atoms with Gasteiger partial charge in [-0.05, 0) is 48.9 Å². The topological polar surface area (TPSA) is 79.6 Å². The van der Waals surface area contributed by atoms with Crippen molar-refractivity contribution in [3.8, 4) is 11.4 Å². The van der Waals surface area contributed by atoms with Crippen LogP contribution in [0, 0.1) is 0 Å². The van der Waals surface area contributed by atoms with Gasteiger partial charge in [-0.2, -0.15) is 5.10 Å². The van der Waals surface area contributed by atoms with E-state index in [-0.39, 0.29) is 6.04 Å². The van der Waals surface area contributed by atoms with Crippen molar-refractivity contribution < 1.29 is 4.74 Å². The van der Waals surface area contributed by atoms with E-state index in [9.17, 15) is 0 Å². The second kappa shape index (κ2) is 9.70. The summed E-state index contributed by atoms with van der Waals surface area (Å²) in [6.45, 7) is 2.30. The van der Waals surface area contributed by atoms with Crippen LogP contribution >= 0.6 is 11.6 Å². The monoisotopic (exact) mass is 439 g/mol. The van der Waals surface area contributed by atoms with Crippen molar-refractivity contribution in [3.63, 3.8) is 0 Å². The first-order valence-corrected chi connectivity index (χ1v) is 10.6. The minimum atomic E-state index is 0.265. The van der Waals surface area contributed by atoms with Crippen molar-refractivity contribution in [2.45, 2.75) is 19.0 Å². The van der Waals surface area contributed by atoms with Gasteiger partial charge in [0.1, 0.15) is 11.6 Å². The fourth-order valence-corrected chi connectivity index (χ4v) is 3.82. The number of aliphatic imine (C=N–C) groups is 1. The lowest BCUT2D eigenvalue weighted by atomic mass is 10.3. The lowest BCUT2D eigenvalue weighted by molar-refractivity contribution is 0.414. The Labute approximate surface area is 186 Å². The van der Waals surface area contributed by atoms with Crippen molar-refractivity contribution in [2.24, 2.45) is 4.99 Å². The summed E-state index contributed by atoms with van der Waals surface area (Å²) in [5.41, 5.74) is 1.90. The van der Waals surface area contributed by atoms with Crippen LogP contribution in [0.5, 0.6) is 5.75 Å². The number of methoxy groups -OCH3 is 1. The number of guanidine groups is 1. The smallest absolute Gasteiger partial charge is 0.191 e. The number of anilines is 1. The van der Waals surface area contributed by atoms with E-state index in [4.69, 9.17) is 16.3 Å². The molecule has 8 nitrogen and oxygen atoms in total. The number of nitrogens with zero attached hydrogens (tertiary/aromatic N) is 5. The van der Waals surface area contributed by atoms with E-state index >= 15 is 0 Å². The molecule has 1 atom stereocenters. The average Bonchev–Trinajstić information content (AvgIpc) is 3.47. The lowest BCUT2D eigenvalue weighted by Gasteiger charge is -2.20. The van der Waals surface area contributed by atoms with E-state index in [2.05, 4.69) is 30.6 Å². The Balaban J connectivity index is 1.30. The zero-order valence-corrected chi connectivity index (χ0v) is 18.4. The molecule has 0 radical (unpaired) electrons. The van der Waals surface area contributed by atoms with Crippen LogP contribution in [-0.2, 0) is 6.54 Å². The van der Waals surface area contributed by atoms with Gasteiger partial charge in [-0.25, -0.2) is 9.67 Å². The normalized spacial score (nSPS) is 16.4. The van der Waals surface area contributed by atoms with Crippen molar-refractivity contribution in [2.75, 3.05) is 32.1 Å². The first-order chi connectivity index (χ1) is 15.2. The van der Waals surface area contributed by atoms with Gasteiger partial charge in [0, 0.05) is 38.6 Å². The van der Waals surface area contributed by atoms with Gasteiger partial charge in [0.05, 0.1) is 30.1 Å². The summed E-state index contributed by atoms with van der Waals surface area (Å²) in [5, 5.41) is 12.1. The number of pyridine rings is 1. The third-order valence-electron chi connectivity index (χ3n) is 5.21. The molecule has 31 heavy (non-hydrogen) atoms. The highest BCUT2D eigenvalue weighted by Gasteiger charge is 2.25. The zero-order valence-electron chi connectivity index (χ0n) is 17.6. The molecule has 1 aromatic carbocycles. The summed E-state index contributed by atoms with van der Waals surface area (Å²) < 4.78 is 7.05. The predicted octanol–water partition coefficient (Wildman–Crippen LogP) is 2.87. The fraction of sp³-hybridized carbons (Fsp3) is 0.318. The van der Waals surface area contributed by atoms with Gasteiger partial charge < -0.3 is 20.3 Å². The highest BCUT2D eigenvalue weighted by molar-refractivity contribution is 6.32. The maximum atomic E-state index is 6.29. The molecule has 1 saturated heterocycles. The van der Waals surface area contributed by atoms with Crippen LogP contribution < -0.4 is 20.3 Å². The van der Waals surface area contributed by atoms with Gasteiger partial charge >= 0.3 is 0 Å². The molecule has 3 aromatic rings. The van der Waals surface area contributed by atoms with Gasteiger partial charge in [-0.15, -0.1) is 0 Å². The van der Waals surface area contributed by atoms with E-state index in [0.717, 1.165) is 48.4 Å². The van der Waals surface area contributed by atoms with Crippen molar-refractivity contribution >= 4 is 23.4 Å². The molecule has 2 aromatic heterocycles. The summed E-state index contributed by atoms with van der Waals surface area (Å²) in [4.78, 5) is 11.0. The van der Waals surface area contributed by atoms with E-state index in [0.29, 0.717) is 11.6 Å². The molecule has 162 valence electrons. The quantitative estimate of drug-likeness (QED) is 0.454. The van der Waals surface area contributed by atoms with Crippen molar-refractivity contribution in [3.05, 3.63) is 65.6 Å². The summed E-state index contributed by atoms with van der Waals surface area (Å²) in [6, 6.07) is 13.8. The molecule has 0 amide bonds. The second-order valence-corrected chi connectivity index (χ2v) is 7.67. The van der Waals surface area contributed by atoms with Crippen LogP contribution in [0.1, 0.15) is 12.1 Å². The molecular formula is C22H26ClN7O. The van der Waals surface area contributed by atoms with E-state index < -0.39 is 0 Å². The Morgan fingerprint density at radius 1 is 1.26 bits per heavy atom. The zero-order chi connectivity index (χ0) is 21.6. The van der Waals surface area contributed by atoms with E-state index in [1.54, 1.807) is 20.4 Å². The maximum absolute atomic E-state index is 6.29. The average molecular weight is 440 g/mol. The van der Waals surface area contributed by atoms with Crippen molar-refractivity contribution in [1.29, 1.82) is 0 Å². The number of halogens is 1. The van der Waals surface area contributed by atoms with Crippen LogP contribution in [0.3, 0.4) is 0 Å². The molecular weight excluding hydrogens is 414 g/mol. The molecule has 1 fully saturated rings. The van der Waals surface area contributed by atoms with Gasteiger partial charge in [0.2, 0.25) is 0 Å². The molecule has 1 aliphatic rings. The van der Waals surface area contributed by atoms with Gasteiger partial charge in [0.25, 0.3) is 0 Å². The summed E-state index contributed by atoms with van der Waals surface area (Å²) in [7, 11) is 3.43. The van der Waals surface area contributed by atoms with Gasteiger partial charge in [-0.3, -0.25) is 4.99 Å². The van der Waals surface area contributed by atoms with Crippen molar-refractivity contribution in [1.82, 2.24) is 25.4 Å². The molecule has 3 heterocycles. The summed E-state index contributed by atoms with van der Waals surface area (Å²) in [6.07, 6.45) is 4.70. The SMILES string of the molecule is CN=C(NCc1ccn(-c2ccc(OC)cc2)n1)NC1CCN(c2ncccc2Cl)C1. The lowest BCUT2D eigenvalue weighted by Crippen LogP contribution is -2.44. The van der Waals surface area contributed by atoms with Crippen LogP contribution in [0.15, 0.2) is 59.9 Å². The van der Waals surface area contributed by atoms with Crippen LogP contribution in [0.4, 0.5) is 5.82 Å². The third-order valence-corrected chi connectivity index (χ3v) is 5.50. The van der Waals surface area contributed by atoms with Gasteiger partial charge in [0.15, 0.2) is 5.96 Å². The van der Waals surface area contributed by atoms with Crippen LogP contribution in [0.2, 0.25) is 5.02 Å². The first-order valence-electron chi connectivity index (χ1n) is 10.2. The van der Waals surface area contributed by atoms with Gasteiger partial charge in [-0.1, -0.05) is 11.6 Å². The molecule has 0 spiro atoms. The Morgan fingerprint density at radius 3 is 2.84 bits per heavy atom. The highest BCUT2D eigenvalue weighted by atomic mass is 35.5. The molecule has 4 rings (SSSR count). The maximum Gasteiger partial charge on any atom is 0.191 e. The molecule has 2 N–H and O–H groups in total. The minimum absolute atomic E-state index is 0.265. The van der Waals surface area contributed by atoms with Crippen LogP contribution in [-0.4, -0.2) is 54.0 Å². The Morgan fingerprint density at radius 2 is 2.10 bits per heavy atom. The van der Waals surface area contributed by atoms with E-state index in [1.807, 2.05) is 53.3 Å². The fourth-order valence-electron chi connectivity index (χ4n) is 3.58. The van der Waals surface area contributed by atoms with E-state index in [1.165, 1.54) is 0 Å². The Kier molecular flexibility index (Phi) is 6.57. The first kappa shape index (κ1) is 21.0. The highest BCUT2D eigenvalue weighted by Crippen LogP contribution is 2.25. The molecule has 1 aliphatic heterocycles. The predicted molar refractivity (Wildman–Crippen MR) is 123 cm³/mol. The number of aromatic nitrogens is 3. The Bertz CT molecular complexity index is 1030. The minimum Gasteiger partial charge on any atom is -0.497 e. The Hall–Kier alpha value is -3.26. The number of ether oxygens (including phenoxy) is 1. The second-order valence-electron chi connectivity index (χ2n) is 7.26.